The largest absolute Gasteiger partial charge is 0.316 e. The normalized spacial score (nSPS) is 29.9. The molecular formula is C15H22N2. The molecule has 0 amide bonds. The molecular weight excluding hydrogens is 208 g/mol. The van der Waals surface area contributed by atoms with E-state index in [-0.39, 0.29) is 0 Å². The summed E-state index contributed by atoms with van der Waals surface area (Å²) in [5.74, 6) is 1.52. The van der Waals surface area contributed by atoms with Gasteiger partial charge in [0.2, 0.25) is 0 Å². The Kier molecular flexibility index (Phi) is 3.44. The summed E-state index contributed by atoms with van der Waals surface area (Å²) in [5, 5.41) is 3.57. The summed E-state index contributed by atoms with van der Waals surface area (Å²) in [6.45, 7) is 6.27. The minimum absolute atomic E-state index is 0.719. The van der Waals surface area contributed by atoms with Gasteiger partial charge >= 0.3 is 0 Å². The second kappa shape index (κ2) is 5.19. The molecule has 0 aromatic heterocycles. The van der Waals surface area contributed by atoms with Crippen molar-refractivity contribution in [2.24, 2.45) is 5.92 Å². The zero-order chi connectivity index (χ0) is 11.5. The SMILES string of the molecule is c1ccc(C2CNCC2CN2CCCC2)cc1. The molecule has 2 aliphatic heterocycles. The molecule has 0 aliphatic carbocycles. The maximum absolute atomic E-state index is 3.57. The first kappa shape index (κ1) is 11.2. The van der Waals surface area contributed by atoms with Gasteiger partial charge < -0.3 is 10.2 Å². The van der Waals surface area contributed by atoms with E-state index in [1.54, 1.807) is 0 Å². The Morgan fingerprint density at radius 1 is 1.06 bits per heavy atom. The van der Waals surface area contributed by atoms with Crippen molar-refractivity contribution in [3.63, 3.8) is 0 Å². The van der Waals surface area contributed by atoms with Crippen LogP contribution >= 0.6 is 0 Å². The number of nitrogens with zero attached hydrogens (tertiary/aromatic N) is 1. The summed E-state index contributed by atoms with van der Waals surface area (Å²) >= 11 is 0. The van der Waals surface area contributed by atoms with Crippen LogP contribution < -0.4 is 5.32 Å². The number of hydrogen-bond acceptors (Lipinski definition) is 2. The van der Waals surface area contributed by atoms with Crippen molar-refractivity contribution < 1.29 is 0 Å². The highest BCUT2D eigenvalue weighted by molar-refractivity contribution is 5.22. The molecule has 1 aromatic carbocycles. The van der Waals surface area contributed by atoms with Crippen molar-refractivity contribution in [1.29, 1.82) is 0 Å². The summed E-state index contributed by atoms with van der Waals surface area (Å²) in [6.07, 6.45) is 2.80. The number of likely N-dealkylation sites (tertiary alicyclic amines) is 1. The van der Waals surface area contributed by atoms with Crippen LogP contribution in [-0.4, -0.2) is 37.6 Å². The molecule has 2 heteroatoms. The van der Waals surface area contributed by atoms with Crippen molar-refractivity contribution in [1.82, 2.24) is 10.2 Å². The molecule has 2 fully saturated rings. The van der Waals surface area contributed by atoms with Crippen LogP contribution in [0.25, 0.3) is 0 Å². The van der Waals surface area contributed by atoms with E-state index in [1.807, 2.05) is 0 Å². The fourth-order valence-corrected chi connectivity index (χ4v) is 3.31. The first-order chi connectivity index (χ1) is 8.43. The van der Waals surface area contributed by atoms with Gasteiger partial charge in [-0.2, -0.15) is 0 Å². The van der Waals surface area contributed by atoms with Gasteiger partial charge in [-0.05, 0) is 44.0 Å². The summed E-state index contributed by atoms with van der Waals surface area (Å²) in [7, 11) is 0. The molecule has 2 heterocycles. The van der Waals surface area contributed by atoms with E-state index in [4.69, 9.17) is 0 Å². The summed E-state index contributed by atoms with van der Waals surface area (Å²) in [5.41, 5.74) is 1.52. The van der Waals surface area contributed by atoms with Crippen LogP contribution in [0, 0.1) is 5.92 Å². The molecule has 0 radical (unpaired) electrons. The van der Waals surface area contributed by atoms with Crippen LogP contribution in [-0.2, 0) is 0 Å². The monoisotopic (exact) mass is 230 g/mol. The Morgan fingerprint density at radius 2 is 1.82 bits per heavy atom. The molecule has 1 N–H and O–H groups in total. The van der Waals surface area contributed by atoms with Gasteiger partial charge in [-0.1, -0.05) is 30.3 Å². The number of rotatable bonds is 3. The predicted octanol–water partition coefficient (Wildman–Crippen LogP) is 2.09. The molecule has 3 rings (SSSR count). The first-order valence-electron chi connectivity index (χ1n) is 6.91. The lowest BCUT2D eigenvalue weighted by Gasteiger charge is -2.24. The number of hydrogen-bond donors (Lipinski definition) is 1. The van der Waals surface area contributed by atoms with Crippen LogP contribution in [0.3, 0.4) is 0 Å². The third-order valence-corrected chi connectivity index (χ3v) is 4.26. The summed E-state index contributed by atoms with van der Waals surface area (Å²) < 4.78 is 0. The van der Waals surface area contributed by atoms with E-state index in [0.29, 0.717) is 0 Å². The van der Waals surface area contributed by atoms with Gasteiger partial charge in [-0.3, -0.25) is 0 Å². The fourth-order valence-electron chi connectivity index (χ4n) is 3.31. The maximum atomic E-state index is 3.57. The van der Waals surface area contributed by atoms with Gasteiger partial charge in [0.25, 0.3) is 0 Å². The highest BCUT2D eigenvalue weighted by Crippen LogP contribution is 2.29. The van der Waals surface area contributed by atoms with Gasteiger partial charge in [0.1, 0.15) is 0 Å². The zero-order valence-electron chi connectivity index (χ0n) is 10.4. The van der Waals surface area contributed by atoms with Crippen molar-refractivity contribution >= 4 is 0 Å². The molecule has 92 valence electrons. The minimum Gasteiger partial charge on any atom is -0.316 e. The number of benzene rings is 1. The van der Waals surface area contributed by atoms with Gasteiger partial charge in [0.05, 0.1) is 0 Å². The average Bonchev–Trinajstić information content (AvgIpc) is 3.02. The van der Waals surface area contributed by atoms with E-state index < -0.39 is 0 Å². The maximum Gasteiger partial charge on any atom is 0.00281 e. The quantitative estimate of drug-likeness (QED) is 0.855. The summed E-state index contributed by atoms with van der Waals surface area (Å²) in [6, 6.07) is 11.0. The van der Waals surface area contributed by atoms with Gasteiger partial charge in [0.15, 0.2) is 0 Å². The zero-order valence-corrected chi connectivity index (χ0v) is 10.4. The Morgan fingerprint density at radius 3 is 2.59 bits per heavy atom. The lowest BCUT2D eigenvalue weighted by Crippen LogP contribution is -2.30. The molecule has 17 heavy (non-hydrogen) atoms. The van der Waals surface area contributed by atoms with Crippen LogP contribution in [0.2, 0.25) is 0 Å². The molecule has 0 saturated carbocycles. The van der Waals surface area contributed by atoms with E-state index in [1.165, 1.54) is 44.6 Å². The van der Waals surface area contributed by atoms with Crippen LogP contribution in [0.15, 0.2) is 30.3 Å². The van der Waals surface area contributed by atoms with E-state index in [2.05, 4.69) is 40.5 Å². The highest BCUT2D eigenvalue weighted by atomic mass is 15.1. The molecule has 0 bridgehead atoms. The van der Waals surface area contributed by atoms with Crippen molar-refractivity contribution in [3.05, 3.63) is 35.9 Å². The fraction of sp³-hybridized carbons (Fsp3) is 0.600. The third-order valence-electron chi connectivity index (χ3n) is 4.26. The van der Waals surface area contributed by atoms with Crippen LogP contribution in [0.5, 0.6) is 0 Å². The molecule has 2 aliphatic rings. The lowest BCUT2D eigenvalue weighted by molar-refractivity contribution is 0.276. The van der Waals surface area contributed by atoms with Crippen molar-refractivity contribution in [2.75, 3.05) is 32.7 Å². The van der Waals surface area contributed by atoms with Crippen molar-refractivity contribution in [3.8, 4) is 0 Å². The third kappa shape index (κ3) is 2.53. The van der Waals surface area contributed by atoms with Crippen molar-refractivity contribution in [2.45, 2.75) is 18.8 Å². The van der Waals surface area contributed by atoms with Crippen LogP contribution in [0.1, 0.15) is 24.3 Å². The Hall–Kier alpha value is -0.860. The van der Waals surface area contributed by atoms with Gasteiger partial charge in [-0.25, -0.2) is 0 Å². The average molecular weight is 230 g/mol. The second-order valence-electron chi connectivity index (χ2n) is 5.44. The Balaban J connectivity index is 1.67. The standard InChI is InChI=1S/C15H22N2/c1-2-6-13(7-3-1)15-11-16-10-14(15)12-17-8-4-5-9-17/h1-3,6-7,14-16H,4-5,8-12H2. The topological polar surface area (TPSA) is 15.3 Å². The second-order valence-corrected chi connectivity index (χ2v) is 5.44. The van der Waals surface area contributed by atoms with E-state index in [0.717, 1.165) is 18.4 Å². The minimum atomic E-state index is 0.719. The Bertz CT molecular complexity index is 343. The molecule has 2 unspecified atom stereocenters. The first-order valence-corrected chi connectivity index (χ1v) is 6.91. The Labute approximate surface area is 104 Å². The molecule has 0 spiro atoms. The molecule has 1 aromatic rings. The highest BCUT2D eigenvalue weighted by Gasteiger charge is 2.30. The predicted molar refractivity (Wildman–Crippen MR) is 71.2 cm³/mol. The summed E-state index contributed by atoms with van der Waals surface area (Å²) in [4.78, 5) is 2.65. The van der Waals surface area contributed by atoms with E-state index in [9.17, 15) is 0 Å². The smallest absolute Gasteiger partial charge is 0.00281 e. The van der Waals surface area contributed by atoms with Gasteiger partial charge in [0, 0.05) is 19.0 Å². The lowest BCUT2D eigenvalue weighted by atomic mass is 9.88. The van der Waals surface area contributed by atoms with Crippen LogP contribution in [0.4, 0.5) is 0 Å². The van der Waals surface area contributed by atoms with E-state index >= 15 is 0 Å². The van der Waals surface area contributed by atoms with Gasteiger partial charge in [-0.15, -0.1) is 0 Å². The number of nitrogens with one attached hydrogen (secondary N) is 1. The molecule has 2 atom stereocenters. The molecule has 2 nitrogen and oxygen atoms in total. The molecule has 2 saturated heterocycles.